The minimum atomic E-state index is 0.235. The molecule has 2 N–H and O–H groups in total. The van der Waals surface area contributed by atoms with Crippen LogP contribution in [0.4, 0.5) is 11.8 Å². The highest BCUT2D eigenvalue weighted by molar-refractivity contribution is 5.45. The Kier molecular flexibility index (Phi) is 3.63. The van der Waals surface area contributed by atoms with Gasteiger partial charge in [0, 0.05) is 19.2 Å². The van der Waals surface area contributed by atoms with Crippen LogP contribution in [-0.4, -0.2) is 42.9 Å². The van der Waals surface area contributed by atoms with E-state index in [0.717, 1.165) is 25.3 Å². The number of hydrogen-bond acceptors (Lipinski definition) is 6. The molecule has 0 aliphatic carbocycles. The molecule has 0 aromatic carbocycles. The SMILES string of the molecule is CC[C@@H]1CN(c2cc(OC)nc(N)n2)CCO1. The lowest BCUT2D eigenvalue weighted by atomic mass is 10.2. The van der Waals surface area contributed by atoms with E-state index in [9.17, 15) is 0 Å². The lowest BCUT2D eigenvalue weighted by Gasteiger charge is -2.33. The van der Waals surface area contributed by atoms with Crippen LogP contribution in [0.5, 0.6) is 5.88 Å². The van der Waals surface area contributed by atoms with E-state index in [-0.39, 0.29) is 12.1 Å². The standard InChI is InChI=1S/C11H18N4O2/c1-3-8-7-15(4-5-17-8)9-6-10(16-2)14-11(12)13-9/h6,8H,3-5,7H2,1-2H3,(H2,12,13,14)/t8-/m1/s1. The van der Waals surface area contributed by atoms with Crippen LogP contribution in [0.2, 0.25) is 0 Å². The Morgan fingerprint density at radius 1 is 1.59 bits per heavy atom. The molecule has 2 heterocycles. The van der Waals surface area contributed by atoms with Gasteiger partial charge in [0.25, 0.3) is 0 Å². The number of nitrogen functional groups attached to an aromatic ring is 1. The number of ether oxygens (including phenoxy) is 2. The van der Waals surface area contributed by atoms with Crippen molar-refractivity contribution in [2.75, 3.05) is 37.4 Å². The molecule has 0 bridgehead atoms. The molecule has 0 saturated carbocycles. The summed E-state index contributed by atoms with van der Waals surface area (Å²) in [6.07, 6.45) is 1.25. The maximum absolute atomic E-state index is 5.65. The van der Waals surface area contributed by atoms with E-state index < -0.39 is 0 Å². The predicted octanol–water partition coefficient (Wildman–Crippen LogP) is 0.683. The average Bonchev–Trinajstić information content (AvgIpc) is 2.38. The van der Waals surface area contributed by atoms with Gasteiger partial charge in [0.2, 0.25) is 11.8 Å². The molecule has 6 nitrogen and oxygen atoms in total. The van der Waals surface area contributed by atoms with Crippen LogP contribution in [0, 0.1) is 0 Å². The molecule has 0 amide bonds. The minimum Gasteiger partial charge on any atom is -0.481 e. The van der Waals surface area contributed by atoms with Gasteiger partial charge in [-0.15, -0.1) is 0 Å². The Hall–Kier alpha value is -1.56. The molecule has 1 aliphatic rings. The molecule has 0 unspecified atom stereocenters. The van der Waals surface area contributed by atoms with Gasteiger partial charge in [-0.2, -0.15) is 9.97 Å². The molecule has 6 heteroatoms. The third kappa shape index (κ3) is 2.76. The Balaban J connectivity index is 2.18. The number of nitrogens with zero attached hydrogens (tertiary/aromatic N) is 3. The fourth-order valence-electron chi connectivity index (χ4n) is 1.87. The Morgan fingerprint density at radius 3 is 3.12 bits per heavy atom. The van der Waals surface area contributed by atoms with Crippen LogP contribution < -0.4 is 15.4 Å². The molecule has 1 atom stereocenters. The Labute approximate surface area is 101 Å². The topological polar surface area (TPSA) is 73.5 Å². The largest absolute Gasteiger partial charge is 0.481 e. The number of methoxy groups -OCH3 is 1. The monoisotopic (exact) mass is 238 g/mol. The van der Waals surface area contributed by atoms with Crippen LogP contribution in [-0.2, 0) is 4.74 Å². The second-order valence-corrected chi connectivity index (χ2v) is 3.97. The second-order valence-electron chi connectivity index (χ2n) is 3.97. The first kappa shape index (κ1) is 11.9. The fraction of sp³-hybridized carbons (Fsp3) is 0.636. The van der Waals surface area contributed by atoms with Crippen LogP contribution in [0.25, 0.3) is 0 Å². The van der Waals surface area contributed by atoms with Gasteiger partial charge < -0.3 is 20.1 Å². The number of rotatable bonds is 3. The van der Waals surface area contributed by atoms with E-state index in [1.807, 2.05) is 0 Å². The second kappa shape index (κ2) is 5.18. The first-order valence-electron chi connectivity index (χ1n) is 5.78. The quantitative estimate of drug-likeness (QED) is 0.835. The van der Waals surface area contributed by atoms with Gasteiger partial charge in [-0.1, -0.05) is 6.92 Å². The molecule has 1 saturated heterocycles. The van der Waals surface area contributed by atoms with Gasteiger partial charge in [0.1, 0.15) is 5.82 Å². The third-order valence-electron chi connectivity index (χ3n) is 2.83. The number of hydrogen-bond donors (Lipinski definition) is 1. The lowest BCUT2D eigenvalue weighted by molar-refractivity contribution is 0.0381. The van der Waals surface area contributed by atoms with E-state index in [2.05, 4.69) is 21.8 Å². The molecule has 2 rings (SSSR count). The van der Waals surface area contributed by atoms with Crippen molar-refractivity contribution in [3.8, 4) is 5.88 Å². The van der Waals surface area contributed by atoms with Crippen LogP contribution in [0.3, 0.4) is 0 Å². The van der Waals surface area contributed by atoms with E-state index in [4.69, 9.17) is 15.2 Å². The molecule has 1 aromatic rings. The third-order valence-corrected chi connectivity index (χ3v) is 2.83. The van der Waals surface area contributed by atoms with Gasteiger partial charge in [0.15, 0.2) is 0 Å². The summed E-state index contributed by atoms with van der Waals surface area (Å²) in [5, 5.41) is 0. The van der Waals surface area contributed by atoms with E-state index in [1.54, 1.807) is 13.2 Å². The first-order chi connectivity index (χ1) is 8.22. The van der Waals surface area contributed by atoms with Gasteiger partial charge in [-0.25, -0.2) is 0 Å². The number of anilines is 2. The highest BCUT2D eigenvalue weighted by Crippen LogP contribution is 2.21. The molecule has 0 spiro atoms. The molecule has 1 aromatic heterocycles. The summed E-state index contributed by atoms with van der Waals surface area (Å²) >= 11 is 0. The van der Waals surface area contributed by atoms with E-state index in [1.165, 1.54) is 0 Å². The van der Waals surface area contributed by atoms with Crippen molar-refractivity contribution in [2.24, 2.45) is 0 Å². The zero-order valence-corrected chi connectivity index (χ0v) is 10.2. The summed E-state index contributed by atoms with van der Waals surface area (Å²) in [4.78, 5) is 10.4. The maximum atomic E-state index is 5.65. The van der Waals surface area contributed by atoms with Crippen molar-refractivity contribution in [2.45, 2.75) is 19.4 Å². The lowest BCUT2D eigenvalue weighted by Crippen LogP contribution is -2.42. The molecule has 1 aliphatic heterocycles. The van der Waals surface area contributed by atoms with Crippen molar-refractivity contribution in [3.63, 3.8) is 0 Å². The van der Waals surface area contributed by atoms with Gasteiger partial charge >= 0.3 is 0 Å². The smallest absolute Gasteiger partial charge is 0.225 e. The summed E-state index contributed by atoms with van der Waals surface area (Å²) in [6, 6.07) is 1.80. The summed E-state index contributed by atoms with van der Waals surface area (Å²) in [5.74, 6) is 1.53. The molecular weight excluding hydrogens is 220 g/mol. The van der Waals surface area contributed by atoms with Gasteiger partial charge in [0.05, 0.1) is 19.8 Å². The van der Waals surface area contributed by atoms with Gasteiger partial charge in [-0.3, -0.25) is 0 Å². The fourth-order valence-corrected chi connectivity index (χ4v) is 1.87. The van der Waals surface area contributed by atoms with E-state index >= 15 is 0 Å². The molecular formula is C11H18N4O2. The van der Waals surface area contributed by atoms with E-state index in [0.29, 0.717) is 12.5 Å². The zero-order chi connectivity index (χ0) is 12.3. The normalized spacial score (nSPS) is 20.4. The van der Waals surface area contributed by atoms with Crippen molar-refractivity contribution in [1.29, 1.82) is 0 Å². The Bertz CT molecular complexity index is 386. The average molecular weight is 238 g/mol. The summed E-state index contributed by atoms with van der Waals surface area (Å²) in [5.41, 5.74) is 5.65. The summed E-state index contributed by atoms with van der Waals surface area (Å²) in [6.45, 7) is 4.47. The van der Waals surface area contributed by atoms with Crippen molar-refractivity contribution in [3.05, 3.63) is 6.07 Å². The number of nitrogens with two attached hydrogens (primary N) is 1. The maximum Gasteiger partial charge on any atom is 0.225 e. The van der Waals surface area contributed by atoms with Crippen molar-refractivity contribution in [1.82, 2.24) is 9.97 Å². The van der Waals surface area contributed by atoms with Crippen molar-refractivity contribution < 1.29 is 9.47 Å². The van der Waals surface area contributed by atoms with Crippen LogP contribution >= 0.6 is 0 Å². The number of aromatic nitrogens is 2. The van der Waals surface area contributed by atoms with Crippen molar-refractivity contribution >= 4 is 11.8 Å². The van der Waals surface area contributed by atoms with Crippen LogP contribution in [0.1, 0.15) is 13.3 Å². The zero-order valence-electron chi connectivity index (χ0n) is 10.2. The molecule has 0 radical (unpaired) electrons. The predicted molar refractivity (Wildman–Crippen MR) is 65.2 cm³/mol. The number of morpholine rings is 1. The highest BCUT2D eigenvalue weighted by Gasteiger charge is 2.21. The molecule has 94 valence electrons. The summed E-state index contributed by atoms with van der Waals surface area (Å²) in [7, 11) is 1.57. The molecule has 17 heavy (non-hydrogen) atoms. The Morgan fingerprint density at radius 2 is 2.41 bits per heavy atom. The van der Waals surface area contributed by atoms with Crippen LogP contribution in [0.15, 0.2) is 6.07 Å². The summed E-state index contributed by atoms with van der Waals surface area (Å²) < 4.78 is 10.7. The first-order valence-corrected chi connectivity index (χ1v) is 5.78. The van der Waals surface area contributed by atoms with Gasteiger partial charge in [-0.05, 0) is 6.42 Å². The minimum absolute atomic E-state index is 0.235. The molecule has 1 fully saturated rings. The highest BCUT2D eigenvalue weighted by atomic mass is 16.5.